The van der Waals surface area contributed by atoms with E-state index in [1.165, 1.54) is 0 Å². The van der Waals surface area contributed by atoms with Gasteiger partial charge in [0.05, 0.1) is 18.7 Å². The summed E-state index contributed by atoms with van der Waals surface area (Å²) < 4.78 is 5.39. The predicted octanol–water partition coefficient (Wildman–Crippen LogP) is 3.13. The Hall–Kier alpha value is -2.33. The summed E-state index contributed by atoms with van der Waals surface area (Å²) in [4.78, 5) is 14.0. The number of amides is 1. The Morgan fingerprint density at radius 2 is 1.73 bits per heavy atom. The van der Waals surface area contributed by atoms with E-state index in [1.807, 2.05) is 60.7 Å². The van der Waals surface area contributed by atoms with Gasteiger partial charge in [0.25, 0.3) is 0 Å². The number of aliphatic hydroxyl groups excluding tert-OH is 1. The third-order valence-electron chi connectivity index (χ3n) is 3.90. The van der Waals surface area contributed by atoms with Crippen LogP contribution in [0.4, 0.5) is 4.79 Å². The SMILES string of the molecule is O=C(OCc1ccccc1)N1C[C@H](O)C[C@@H]1c1ccccc1. The highest BCUT2D eigenvalue weighted by Crippen LogP contribution is 2.32. The molecule has 1 N–H and O–H groups in total. The van der Waals surface area contributed by atoms with Gasteiger partial charge in [-0.3, -0.25) is 4.90 Å². The third kappa shape index (κ3) is 3.28. The Labute approximate surface area is 130 Å². The lowest BCUT2D eigenvalue weighted by molar-refractivity contribution is 0.0876. The molecule has 1 amide bonds. The fraction of sp³-hybridized carbons (Fsp3) is 0.278. The Kier molecular flexibility index (Phi) is 4.39. The minimum atomic E-state index is -0.505. The van der Waals surface area contributed by atoms with E-state index in [0.717, 1.165) is 11.1 Å². The molecule has 4 heteroatoms. The van der Waals surface area contributed by atoms with Crippen molar-refractivity contribution in [1.82, 2.24) is 4.90 Å². The zero-order valence-electron chi connectivity index (χ0n) is 12.3. The number of carbonyl (C=O) groups is 1. The summed E-state index contributed by atoms with van der Waals surface area (Å²) in [5.74, 6) is 0. The molecule has 2 aromatic rings. The average Bonchev–Trinajstić information content (AvgIpc) is 2.96. The highest BCUT2D eigenvalue weighted by Gasteiger charge is 2.36. The molecule has 1 aliphatic heterocycles. The molecular formula is C18H19NO3. The van der Waals surface area contributed by atoms with Gasteiger partial charge in [0.2, 0.25) is 0 Å². The molecule has 1 fully saturated rings. The number of nitrogens with zero attached hydrogens (tertiary/aromatic N) is 1. The Balaban J connectivity index is 1.67. The maximum atomic E-state index is 12.3. The minimum absolute atomic E-state index is 0.125. The van der Waals surface area contributed by atoms with Gasteiger partial charge in [-0.2, -0.15) is 0 Å². The molecule has 0 unspecified atom stereocenters. The van der Waals surface area contributed by atoms with Crippen molar-refractivity contribution in [2.75, 3.05) is 6.54 Å². The molecule has 0 aromatic heterocycles. The van der Waals surface area contributed by atoms with E-state index in [-0.39, 0.29) is 18.7 Å². The van der Waals surface area contributed by atoms with Crippen molar-refractivity contribution in [2.24, 2.45) is 0 Å². The summed E-state index contributed by atoms with van der Waals surface area (Å²) in [7, 11) is 0. The van der Waals surface area contributed by atoms with Crippen LogP contribution in [0, 0.1) is 0 Å². The van der Waals surface area contributed by atoms with Gasteiger partial charge in [-0.25, -0.2) is 4.79 Å². The lowest BCUT2D eigenvalue weighted by Gasteiger charge is -2.24. The first-order chi connectivity index (χ1) is 10.7. The van der Waals surface area contributed by atoms with Crippen molar-refractivity contribution in [3.63, 3.8) is 0 Å². The number of ether oxygens (including phenoxy) is 1. The molecule has 2 atom stereocenters. The van der Waals surface area contributed by atoms with E-state index < -0.39 is 6.10 Å². The topological polar surface area (TPSA) is 49.8 Å². The van der Waals surface area contributed by atoms with E-state index >= 15 is 0 Å². The summed E-state index contributed by atoms with van der Waals surface area (Å²) in [5.41, 5.74) is 1.97. The fourth-order valence-electron chi connectivity index (χ4n) is 2.81. The van der Waals surface area contributed by atoms with Crippen molar-refractivity contribution in [2.45, 2.75) is 25.2 Å². The molecule has 4 nitrogen and oxygen atoms in total. The first-order valence-corrected chi connectivity index (χ1v) is 7.44. The maximum Gasteiger partial charge on any atom is 0.410 e. The van der Waals surface area contributed by atoms with Gasteiger partial charge in [-0.15, -0.1) is 0 Å². The van der Waals surface area contributed by atoms with E-state index in [2.05, 4.69) is 0 Å². The molecule has 1 heterocycles. The summed E-state index contributed by atoms with van der Waals surface area (Å²) >= 11 is 0. The number of carbonyl (C=O) groups excluding carboxylic acids is 1. The van der Waals surface area contributed by atoms with Crippen LogP contribution in [0.5, 0.6) is 0 Å². The van der Waals surface area contributed by atoms with Gasteiger partial charge < -0.3 is 9.84 Å². The number of hydrogen-bond donors (Lipinski definition) is 1. The van der Waals surface area contributed by atoms with Crippen molar-refractivity contribution in [3.8, 4) is 0 Å². The summed E-state index contributed by atoms with van der Waals surface area (Å²) in [6.45, 7) is 0.557. The largest absolute Gasteiger partial charge is 0.445 e. The summed E-state index contributed by atoms with van der Waals surface area (Å²) in [6.07, 6.45) is -0.339. The second-order valence-corrected chi connectivity index (χ2v) is 5.51. The zero-order chi connectivity index (χ0) is 15.4. The number of aliphatic hydroxyl groups is 1. The molecule has 1 saturated heterocycles. The number of benzene rings is 2. The van der Waals surface area contributed by atoms with Crippen LogP contribution in [-0.2, 0) is 11.3 Å². The lowest BCUT2D eigenvalue weighted by Crippen LogP contribution is -2.32. The quantitative estimate of drug-likeness (QED) is 0.947. The smallest absolute Gasteiger partial charge is 0.410 e. The molecule has 0 radical (unpaired) electrons. The molecule has 0 saturated carbocycles. The number of hydrogen-bond acceptors (Lipinski definition) is 3. The fourth-order valence-corrected chi connectivity index (χ4v) is 2.81. The second kappa shape index (κ2) is 6.62. The third-order valence-corrected chi connectivity index (χ3v) is 3.90. The standard InChI is InChI=1S/C18H19NO3/c20-16-11-17(15-9-5-2-6-10-15)19(12-16)18(21)22-13-14-7-3-1-4-8-14/h1-10,16-17,20H,11-13H2/t16-,17-/m1/s1. The van der Waals surface area contributed by atoms with Crippen molar-refractivity contribution >= 4 is 6.09 Å². The van der Waals surface area contributed by atoms with Crippen LogP contribution in [-0.4, -0.2) is 28.7 Å². The zero-order valence-corrected chi connectivity index (χ0v) is 12.3. The van der Waals surface area contributed by atoms with Crippen LogP contribution in [0.15, 0.2) is 60.7 Å². The molecule has 0 aliphatic carbocycles. The Morgan fingerprint density at radius 3 is 2.41 bits per heavy atom. The highest BCUT2D eigenvalue weighted by molar-refractivity contribution is 5.69. The summed E-state index contributed by atoms with van der Waals surface area (Å²) in [6, 6.07) is 19.2. The number of rotatable bonds is 3. The van der Waals surface area contributed by atoms with E-state index in [0.29, 0.717) is 13.0 Å². The molecule has 0 spiro atoms. The monoisotopic (exact) mass is 297 g/mol. The summed E-state index contributed by atoms with van der Waals surface area (Å²) in [5, 5.41) is 9.92. The Morgan fingerprint density at radius 1 is 1.09 bits per heavy atom. The van der Waals surface area contributed by atoms with Crippen LogP contribution in [0.2, 0.25) is 0 Å². The van der Waals surface area contributed by atoms with Crippen LogP contribution in [0.25, 0.3) is 0 Å². The van der Waals surface area contributed by atoms with Crippen LogP contribution < -0.4 is 0 Å². The van der Waals surface area contributed by atoms with Crippen molar-refractivity contribution in [1.29, 1.82) is 0 Å². The molecule has 114 valence electrons. The first kappa shape index (κ1) is 14.6. The van der Waals surface area contributed by atoms with E-state index in [1.54, 1.807) is 4.90 Å². The van der Waals surface area contributed by atoms with E-state index in [9.17, 15) is 9.90 Å². The predicted molar refractivity (Wildman–Crippen MR) is 83.1 cm³/mol. The van der Waals surface area contributed by atoms with Crippen LogP contribution in [0.1, 0.15) is 23.6 Å². The van der Waals surface area contributed by atoms with Crippen LogP contribution >= 0.6 is 0 Å². The van der Waals surface area contributed by atoms with Gasteiger partial charge in [-0.05, 0) is 17.5 Å². The molecule has 3 rings (SSSR count). The van der Waals surface area contributed by atoms with Crippen LogP contribution in [0.3, 0.4) is 0 Å². The molecule has 1 aliphatic rings. The lowest BCUT2D eigenvalue weighted by atomic mass is 10.0. The normalized spacial score (nSPS) is 20.9. The Bertz CT molecular complexity index is 615. The maximum absolute atomic E-state index is 12.3. The van der Waals surface area contributed by atoms with Gasteiger partial charge in [-0.1, -0.05) is 60.7 Å². The average molecular weight is 297 g/mol. The number of likely N-dealkylation sites (tertiary alicyclic amines) is 1. The van der Waals surface area contributed by atoms with Gasteiger partial charge in [0.1, 0.15) is 6.61 Å². The van der Waals surface area contributed by atoms with Crippen molar-refractivity contribution < 1.29 is 14.6 Å². The second-order valence-electron chi connectivity index (χ2n) is 5.51. The molecule has 2 aromatic carbocycles. The molecule has 0 bridgehead atoms. The van der Waals surface area contributed by atoms with Gasteiger partial charge >= 0.3 is 6.09 Å². The van der Waals surface area contributed by atoms with Gasteiger partial charge in [0, 0.05) is 0 Å². The van der Waals surface area contributed by atoms with E-state index in [4.69, 9.17) is 4.74 Å². The van der Waals surface area contributed by atoms with Gasteiger partial charge in [0.15, 0.2) is 0 Å². The first-order valence-electron chi connectivity index (χ1n) is 7.44. The van der Waals surface area contributed by atoms with Crippen molar-refractivity contribution in [3.05, 3.63) is 71.8 Å². The number of β-amino-alcohol motifs (C(OH)–C–C–N with tert-alkyl or cyclic N) is 1. The minimum Gasteiger partial charge on any atom is -0.445 e. The molecular weight excluding hydrogens is 278 g/mol. The highest BCUT2D eigenvalue weighted by atomic mass is 16.6. The molecule has 22 heavy (non-hydrogen) atoms.